The second-order valence-electron chi connectivity index (χ2n) is 5.33. The number of carbonyl (C=O) groups is 1. The van der Waals surface area contributed by atoms with E-state index in [0.717, 1.165) is 23.9 Å². The molecule has 1 aliphatic rings. The van der Waals surface area contributed by atoms with Crippen molar-refractivity contribution in [1.82, 2.24) is 9.88 Å². The summed E-state index contributed by atoms with van der Waals surface area (Å²) >= 11 is 1.62. The molecule has 0 aliphatic carbocycles. The maximum atomic E-state index is 11.3. The maximum absolute atomic E-state index is 11.3. The van der Waals surface area contributed by atoms with E-state index in [-0.39, 0.29) is 5.97 Å². The van der Waals surface area contributed by atoms with Gasteiger partial charge in [0, 0.05) is 24.4 Å². The summed E-state index contributed by atoms with van der Waals surface area (Å²) < 4.78 is 4.93. The molecule has 118 valence electrons. The van der Waals surface area contributed by atoms with Crippen LogP contribution in [0.15, 0.2) is 5.38 Å². The molecule has 21 heavy (non-hydrogen) atoms. The molecule has 0 amide bonds. The highest BCUT2D eigenvalue weighted by molar-refractivity contribution is 7.13. The molecule has 0 saturated carbocycles. The van der Waals surface area contributed by atoms with Crippen molar-refractivity contribution in [3.8, 4) is 0 Å². The first-order valence-corrected chi connectivity index (χ1v) is 8.68. The minimum atomic E-state index is -0.147. The topological polar surface area (TPSA) is 54.5 Å². The normalized spacial score (nSPS) is 19.4. The summed E-state index contributed by atoms with van der Waals surface area (Å²) in [7, 11) is 0. The van der Waals surface area contributed by atoms with Crippen molar-refractivity contribution >= 4 is 22.4 Å². The third kappa shape index (κ3) is 5.28. The van der Waals surface area contributed by atoms with Crippen LogP contribution in [0.3, 0.4) is 0 Å². The van der Waals surface area contributed by atoms with Gasteiger partial charge in [-0.2, -0.15) is 0 Å². The average Bonchev–Trinajstić information content (AvgIpc) is 2.93. The van der Waals surface area contributed by atoms with Crippen molar-refractivity contribution in [3.63, 3.8) is 0 Å². The number of anilines is 1. The van der Waals surface area contributed by atoms with Gasteiger partial charge in [0.05, 0.1) is 18.7 Å². The zero-order valence-corrected chi connectivity index (χ0v) is 13.7. The molecule has 1 N–H and O–H groups in total. The minimum Gasteiger partial charge on any atom is -0.466 e. The van der Waals surface area contributed by atoms with Crippen molar-refractivity contribution < 1.29 is 9.53 Å². The van der Waals surface area contributed by atoms with Gasteiger partial charge in [0.25, 0.3) is 0 Å². The van der Waals surface area contributed by atoms with E-state index >= 15 is 0 Å². The van der Waals surface area contributed by atoms with Crippen LogP contribution in [0, 0.1) is 0 Å². The van der Waals surface area contributed by atoms with Gasteiger partial charge in [0.15, 0.2) is 5.13 Å². The van der Waals surface area contributed by atoms with Gasteiger partial charge in [0.2, 0.25) is 0 Å². The van der Waals surface area contributed by atoms with E-state index in [1.807, 2.05) is 12.3 Å². The van der Waals surface area contributed by atoms with E-state index in [2.05, 4.69) is 22.1 Å². The molecule has 1 aliphatic heterocycles. The third-order valence-electron chi connectivity index (χ3n) is 3.72. The zero-order chi connectivity index (χ0) is 15.1. The molecule has 0 aromatic carbocycles. The van der Waals surface area contributed by atoms with E-state index in [4.69, 9.17) is 4.74 Å². The fraction of sp³-hybridized carbons (Fsp3) is 0.733. The van der Waals surface area contributed by atoms with Gasteiger partial charge < -0.3 is 15.0 Å². The Morgan fingerprint density at radius 1 is 1.57 bits per heavy atom. The van der Waals surface area contributed by atoms with Crippen LogP contribution in [0.4, 0.5) is 5.13 Å². The summed E-state index contributed by atoms with van der Waals surface area (Å²) in [5.74, 6) is -0.147. The van der Waals surface area contributed by atoms with Gasteiger partial charge in [0.1, 0.15) is 0 Å². The van der Waals surface area contributed by atoms with Crippen molar-refractivity contribution in [2.75, 3.05) is 31.6 Å². The number of piperidine rings is 1. The number of aryl methyl sites for hydroxylation is 1. The van der Waals surface area contributed by atoms with Gasteiger partial charge in [-0.3, -0.25) is 4.79 Å². The highest BCUT2D eigenvalue weighted by Crippen LogP contribution is 2.20. The number of nitrogens with one attached hydrogen (secondary N) is 1. The van der Waals surface area contributed by atoms with Gasteiger partial charge in [-0.15, -0.1) is 11.3 Å². The predicted octanol–water partition coefficient (Wildman–Crippen LogP) is 2.54. The summed E-state index contributed by atoms with van der Waals surface area (Å²) in [5.41, 5.74) is 0.971. The Labute approximate surface area is 130 Å². The molecule has 0 spiro atoms. The van der Waals surface area contributed by atoms with Crippen LogP contribution in [0.5, 0.6) is 0 Å². The van der Waals surface area contributed by atoms with E-state index in [1.54, 1.807) is 11.3 Å². The third-order valence-corrected chi connectivity index (χ3v) is 4.54. The van der Waals surface area contributed by atoms with E-state index in [1.165, 1.54) is 19.4 Å². The molecule has 1 aromatic rings. The van der Waals surface area contributed by atoms with E-state index in [0.29, 0.717) is 25.5 Å². The Morgan fingerprint density at radius 2 is 2.43 bits per heavy atom. The smallest absolute Gasteiger partial charge is 0.306 e. The fourth-order valence-corrected chi connectivity index (χ4v) is 3.41. The molecule has 2 heterocycles. The molecule has 1 atom stereocenters. The largest absolute Gasteiger partial charge is 0.466 e. The lowest BCUT2D eigenvalue weighted by Crippen LogP contribution is -2.41. The van der Waals surface area contributed by atoms with Gasteiger partial charge >= 0.3 is 5.97 Å². The Balaban J connectivity index is 1.78. The first-order chi connectivity index (χ1) is 10.2. The maximum Gasteiger partial charge on any atom is 0.306 e. The summed E-state index contributed by atoms with van der Waals surface area (Å²) in [4.78, 5) is 18.4. The van der Waals surface area contributed by atoms with Crippen LogP contribution in [0.2, 0.25) is 0 Å². The van der Waals surface area contributed by atoms with Gasteiger partial charge in [-0.1, -0.05) is 6.92 Å². The molecule has 5 nitrogen and oxygen atoms in total. The summed E-state index contributed by atoms with van der Waals surface area (Å²) in [5, 5.41) is 6.53. The molecule has 1 aromatic heterocycles. The van der Waals surface area contributed by atoms with Crippen LogP contribution in [0.1, 0.15) is 38.8 Å². The monoisotopic (exact) mass is 311 g/mol. The van der Waals surface area contributed by atoms with Crippen LogP contribution in [-0.2, 0) is 16.0 Å². The molecule has 6 heteroatoms. The average molecular weight is 311 g/mol. The SMILES string of the molecule is CCOC(=O)CCc1csc(NC2CCCN(CC)C2)n1. The Morgan fingerprint density at radius 3 is 3.19 bits per heavy atom. The molecular weight excluding hydrogens is 286 g/mol. The number of likely N-dealkylation sites (N-methyl/N-ethyl adjacent to an activating group) is 1. The highest BCUT2D eigenvalue weighted by Gasteiger charge is 2.19. The van der Waals surface area contributed by atoms with Crippen LogP contribution in [-0.4, -0.2) is 48.1 Å². The van der Waals surface area contributed by atoms with Crippen LogP contribution < -0.4 is 5.32 Å². The molecular formula is C15H25N3O2S. The van der Waals surface area contributed by atoms with Crippen molar-refractivity contribution in [2.24, 2.45) is 0 Å². The number of nitrogens with zero attached hydrogens (tertiary/aromatic N) is 2. The molecule has 1 saturated heterocycles. The second-order valence-corrected chi connectivity index (χ2v) is 6.18. The first kappa shape index (κ1) is 16.2. The molecule has 1 fully saturated rings. The van der Waals surface area contributed by atoms with E-state index in [9.17, 15) is 4.79 Å². The number of hydrogen-bond donors (Lipinski definition) is 1. The number of aromatic nitrogens is 1. The molecule has 0 radical (unpaired) electrons. The number of thiazole rings is 1. The highest BCUT2D eigenvalue weighted by atomic mass is 32.1. The number of hydrogen-bond acceptors (Lipinski definition) is 6. The lowest BCUT2D eigenvalue weighted by molar-refractivity contribution is -0.143. The molecule has 1 unspecified atom stereocenters. The predicted molar refractivity (Wildman–Crippen MR) is 85.8 cm³/mol. The van der Waals surface area contributed by atoms with Gasteiger partial charge in [-0.05, 0) is 32.9 Å². The first-order valence-electron chi connectivity index (χ1n) is 7.80. The van der Waals surface area contributed by atoms with Crippen LogP contribution in [0.25, 0.3) is 0 Å². The number of ether oxygens (including phenoxy) is 1. The fourth-order valence-electron chi connectivity index (χ4n) is 2.59. The van der Waals surface area contributed by atoms with Gasteiger partial charge in [-0.25, -0.2) is 4.98 Å². The number of likely N-dealkylation sites (tertiary alicyclic amines) is 1. The Bertz CT molecular complexity index is 450. The standard InChI is InChI=1S/C15H25N3O2S/c1-3-18-9-5-6-12(10-18)16-15-17-13(11-21-15)7-8-14(19)20-4-2/h11-12H,3-10H2,1-2H3,(H,16,17). The molecule has 0 bridgehead atoms. The van der Waals surface area contributed by atoms with E-state index < -0.39 is 0 Å². The summed E-state index contributed by atoms with van der Waals surface area (Å²) in [6.45, 7) is 7.89. The lowest BCUT2D eigenvalue weighted by atomic mass is 10.1. The zero-order valence-electron chi connectivity index (χ0n) is 12.9. The second kappa shape index (κ2) is 8.34. The van der Waals surface area contributed by atoms with Crippen LogP contribution >= 0.6 is 11.3 Å². The number of esters is 1. The van der Waals surface area contributed by atoms with Crippen molar-refractivity contribution in [2.45, 2.75) is 45.6 Å². The number of carbonyl (C=O) groups excluding carboxylic acids is 1. The Kier molecular flexibility index (Phi) is 6.45. The Hall–Kier alpha value is -1.14. The van der Waals surface area contributed by atoms with Crippen molar-refractivity contribution in [3.05, 3.63) is 11.1 Å². The number of rotatable bonds is 7. The quantitative estimate of drug-likeness (QED) is 0.784. The summed E-state index contributed by atoms with van der Waals surface area (Å²) in [6.07, 6.45) is 3.51. The summed E-state index contributed by atoms with van der Waals surface area (Å²) in [6, 6.07) is 0.489. The van der Waals surface area contributed by atoms with Crippen molar-refractivity contribution in [1.29, 1.82) is 0 Å². The minimum absolute atomic E-state index is 0.147. The lowest BCUT2D eigenvalue weighted by Gasteiger charge is -2.32. The molecule has 2 rings (SSSR count).